The van der Waals surface area contributed by atoms with Gasteiger partial charge in [-0.15, -0.1) is 13.2 Å². The van der Waals surface area contributed by atoms with Gasteiger partial charge in [0.15, 0.2) is 0 Å². The Hall–Kier alpha value is -1.37. The molecule has 0 fully saturated rings. The second kappa shape index (κ2) is 4.61. The highest BCUT2D eigenvalue weighted by Crippen LogP contribution is 2.22. The first-order valence-electron chi connectivity index (χ1n) is 4.13. The molecule has 0 N–H and O–H groups in total. The molecule has 1 aromatic rings. The van der Waals surface area contributed by atoms with Crippen molar-refractivity contribution in [2.75, 3.05) is 0 Å². The molecule has 0 aliphatic carbocycles. The van der Waals surface area contributed by atoms with Gasteiger partial charge < -0.3 is 0 Å². The summed E-state index contributed by atoms with van der Waals surface area (Å²) in [4.78, 5) is 0. The van der Waals surface area contributed by atoms with E-state index in [0.717, 1.165) is 5.92 Å². The largest absolute Gasteiger partial charge is 0.207 e. The first kappa shape index (κ1) is 9.72. The van der Waals surface area contributed by atoms with Gasteiger partial charge in [-0.05, 0) is 18.1 Å². The highest BCUT2D eigenvalue weighted by atomic mass is 19.1. The molecule has 0 unspecified atom stereocenters. The van der Waals surface area contributed by atoms with Crippen molar-refractivity contribution in [3.8, 4) is 0 Å². The van der Waals surface area contributed by atoms with E-state index in [1.807, 2.05) is 6.07 Å². The summed E-state index contributed by atoms with van der Waals surface area (Å²) >= 11 is 0. The van der Waals surface area contributed by atoms with E-state index in [1.165, 1.54) is 6.07 Å². The van der Waals surface area contributed by atoms with E-state index in [4.69, 9.17) is 0 Å². The fourth-order valence-corrected chi connectivity index (χ4v) is 1.18. The molecule has 1 aromatic carbocycles. The molecule has 13 heavy (non-hydrogen) atoms. The van der Waals surface area contributed by atoms with Crippen molar-refractivity contribution in [1.29, 1.82) is 0 Å². The minimum atomic E-state index is -0.209. The maximum Gasteiger partial charge on any atom is 0.127 e. The third-order valence-corrected chi connectivity index (χ3v) is 1.83. The molecule has 67 valence electrons. The zero-order valence-corrected chi connectivity index (χ0v) is 7.46. The Balaban J connectivity index is 2.96. The molecular weight excluding hydrogens is 163 g/mol. The molecule has 0 amide bonds. The summed E-state index contributed by atoms with van der Waals surface area (Å²) in [5.74, 6) is 0.660. The van der Waals surface area contributed by atoms with Crippen LogP contribution in [0.4, 0.5) is 4.39 Å². The highest BCUT2D eigenvalue weighted by molar-refractivity contribution is 5.38. The van der Waals surface area contributed by atoms with Crippen LogP contribution in [0.25, 0.3) is 0 Å². The Bertz CT molecular complexity index is 302. The molecule has 0 aromatic heterocycles. The zero-order chi connectivity index (χ0) is 9.68. The van der Waals surface area contributed by atoms with Crippen LogP contribution in [0.5, 0.6) is 0 Å². The first-order valence-corrected chi connectivity index (χ1v) is 4.13. The van der Waals surface area contributed by atoms with Crippen molar-refractivity contribution >= 4 is 0 Å². The molecule has 0 bridgehead atoms. The number of benzene rings is 1. The van der Waals surface area contributed by atoms with Gasteiger partial charge in [0.05, 0.1) is 0 Å². The van der Waals surface area contributed by atoms with Gasteiger partial charge in [0.2, 0.25) is 0 Å². The standard InChI is InChI=1S/C12H12F/c1-3-7-10(4-2)11-8-5-6-9-12(11)13/h3-6,8-9H,1-2,7H2. The lowest BCUT2D eigenvalue weighted by atomic mass is 9.95. The van der Waals surface area contributed by atoms with Crippen LogP contribution in [0.1, 0.15) is 12.0 Å². The van der Waals surface area contributed by atoms with E-state index in [1.54, 1.807) is 24.3 Å². The normalized spacial score (nSPS) is 10.0. The Labute approximate surface area is 78.4 Å². The molecule has 0 heterocycles. The molecule has 0 aliphatic rings. The van der Waals surface area contributed by atoms with Crippen molar-refractivity contribution in [3.63, 3.8) is 0 Å². The minimum absolute atomic E-state index is 0.209. The van der Waals surface area contributed by atoms with E-state index in [9.17, 15) is 4.39 Å². The molecule has 1 rings (SSSR count). The maximum absolute atomic E-state index is 13.2. The molecule has 0 atom stereocenters. The molecule has 0 saturated carbocycles. The topological polar surface area (TPSA) is 0 Å². The first-order chi connectivity index (χ1) is 6.29. The number of allylic oxidation sites excluding steroid dienone is 2. The number of halogens is 1. The fourth-order valence-electron chi connectivity index (χ4n) is 1.18. The second-order valence-corrected chi connectivity index (χ2v) is 2.70. The summed E-state index contributed by atoms with van der Waals surface area (Å²) in [6.07, 6.45) is 4.05. The molecule has 1 radical (unpaired) electrons. The van der Waals surface area contributed by atoms with Gasteiger partial charge in [-0.25, -0.2) is 4.39 Å². The molecule has 0 nitrogen and oxygen atoms in total. The summed E-state index contributed by atoms with van der Waals surface area (Å²) in [7, 11) is 0. The van der Waals surface area contributed by atoms with Crippen LogP contribution >= 0.6 is 0 Å². The van der Waals surface area contributed by atoms with E-state index in [-0.39, 0.29) is 5.82 Å². The van der Waals surface area contributed by atoms with Gasteiger partial charge in [-0.2, -0.15) is 0 Å². The molecule has 1 heteroatoms. The van der Waals surface area contributed by atoms with E-state index in [0.29, 0.717) is 12.0 Å². The van der Waals surface area contributed by atoms with Crippen LogP contribution in [0.2, 0.25) is 0 Å². The lowest BCUT2D eigenvalue weighted by Gasteiger charge is -2.09. The van der Waals surface area contributed by atoms with Gasteiger partial charge in [0.1, 0.15) is 5.82 Å². The highest BCUT2D eigenvalue weighted by Gasteiger charge is 2.10. The predicted molar refractivity (Wildman–Crippen MR) is 53.8 cm³/mol. The smallest absolute Gasteiger partial charge is 0.127 e. The minimum Gasteiger partial charge on any atom is -0.207 e. The lowest BCUT2D eigenvalue weighted by molar-refractivity contribution is 0.616. The quantitative estimate of drug-likeness (QED) is 0.614. The summed E-state index contributed by atoms with van der Waals surface area (Å²) in [5.41, 5.74) is 0.609. The van der Waals surface area contributed by atoms with Crippen molar-refractivity contribution in [2.24, 2.45) is 0 Å². The molecular formula is C12H12F. The van der Waals surface area contributed by atoms with Crippen molar-refractivity contribution < 1.29 is 4.39 Å². The SMILES string of the molecule is C=CC[C](C=C)c1ccccc1F. The Morgan fingerprint density at radius 2 is 2.00 bits per heavy atom. The van der Waals surface area contributed by atoms with Gasteiger partial charge in [-0.1, -0.05) is 30.4 Å². The van der Waals surface area contributed by atoms with Crippen molar-refractivity contribution in [3.05, 3.63) is 66.9 Å². The Morgan fingerprint density at radius 1 is 1.31 bits per heavy atom. The van der Waals surface area contributed by atoms with Crippen LogP contribution < -0.4 is 0 Å². The second-order valence-electron chi connectivity index (χ2n) is 2.70. The van der Waals surface area contributed by atoms with Crippen molar-refractivity contribution in [2.45, 2.75) is 6.42 Å². The van der Waals surface area contributed by atoms with E-state index in [2.05, 4.69) is 13.2 Å². The maximum atomic E-state index is 13.2. The molecule has 0 saturated heterocycles. The summed E-state index contributed by atoms with van der Waals surface area (Å²) in [6.45, 7) is 7.26. The Kier molecular flexibility index (Phi) is 3.44. The number of hydrogen-bond acceptors (Lipinski definition) is 0. The number of rotatable bonds is 4. The average molecular weight is 175 g/mol. The van der Waals surface area contributed by atoms with Gasteiger partial charge in [0.25, 0.3) is 0 Å². The monoisotopic (exact) mass is 175 g/mol. The summed E-state index contributed by atoms with van der Waals surface area (Å²) in [6, 6.07) is 6.68. The van der Waals surface area contributed by atoms with E-state index < -0.39 is 0 Å². The third-order valence-electron chi connectivity index (χ3n) is 1.83. The van der Waals surface area contributed by atoms with Gasteiger partial charge in [-0.3, -0.25) is 0 Å². The lowest BCUT2D eigenvalue weighted by Crippen LogP contribution is -1.97. The van der Waals surface area contributed by atoms with Crippen molar-refractivity contribution in [1.82, 2.24) is 0 Å². The van der Waals surface area contributed by atoms with E-state index >= 15 is 0 Å². The van der Waals surface area contributed by atoms with Crippen LogP contribution in [-0.4, -0.2) is 0 Å². The Morgan fingerprint density at radius 3 is 2.54 bits per heavy atom. The van der Waals surface area contributed by atoms with Crippen LogP contribution in [-0.2, 0) is 0 Å². The summed E-state index contributed by atoms with van der Waals surface area (Å²) < 4.78 is 13.2. The van der Waals surface area contributed by atoms with Crippen LogP contribution in [0, 0.1) is 11.7 Å². The summed E-state index contributed by atoms with van der Waals surface area (Å²) in [5, 5.41) is 0. The third kappa shape index (κ3) is 2.28. The number of hydrogen-bond donors (Lipinski definition) is 0. The molecule has 0 aliphatic heterocycles. The van der Waals surface area contributed by atoms with Crippen LogP contribution in [0.15, 0.2) is 49.6 Å². The van der Waals surface area contributed by atoms with Gasteiger partial charge >= 0.3 is 0 Å². The van der Waals surface area contributed by atoms with Gasteiger partial charge in [0, 0.05) is 5.92 Å². The zero-order valence-electron chi connectivity index (χ0n) is 7.46. The fraction of sp³-hybridized carbons (Fsp3) is 0.0833. The molecule has 0 spiro atoms. The predicted octanol–water partition coefficient (Wildman–Crippen LogP) is 3.51. The average Bonchev–Trinajstić information content (AvgIpc) is 2.16. The van der Waals surface area contributed by atoms with Crippen LogP contribution in [0.3, 0.4) is 0 Å².